The van der Waals surface area contributed by atoms with Crippen LogP contribution in [0.3, 0.4) is 0 Å². The molecule has 14 amide bonds. The summed E-state index contributed by atoms with van der Waals surface area (Å²) < 4.78 is 0. The topological polar surface area (TPSA) is 550 Å². The molecule has 0 bridgehead atoms. The minimum Gasteiger partial charge on any atom is -0.370 e. The second-order valence-corrected chi connectivity index (χ2v) is 28.2. The Bertz CT molecular complexity index is 4250. The van der Waals surface area contributed by atoms with Gasteiger partial charge in [-0.25, -0.2) is 0 Å². The van der Waals surface area contributed by atoms with Crippen molar-refractivity contribution in [2.75, 3.05) is 26.2 Å². The van der Waals surface area contributed by atoms with Crippen LogP contribution in [0.15, 0.2) is 121 Å². The lowest BCUT2D eigenvalue weighted by Gasteiger charge is -2.31. The van der Waals surface area contributed by atoms with Crippen molar-refractivity contribution < 1.29 is 67.1 Å². The minimum absolute atomic E-state index is 0.00856. The van der Waals surface area contributed by atoms with E-state index in [0.29, 0.717) is 38.7 Å². The predicted octanol–water partition coefficient (Wildman–Crippen LogP) is -0.0484. The van der Waals surface area contributed by atoms with Crippen LogP contribution in [-0.2, 0) is 92.8 Å². The van der Waals surface area contributed by atoms with E-state index in [4.69, 9.17) is 45.8 Å². The van der Waals surface area contributed by atoms with Gasteiger partial charge in [-0.2, -0.15) is 0 Å². The van der Waals surface area contributed by atoms with Gasteiger partial charge in [-0.15, -0.1) is 0 Å². The van der Waals surface area contributed by atoms with Crippen molar-refractivity contribution in [1.29, 1.82) is 5.41 Å². The fraction of sp³-hybridized carbons (Fsp3) is 0.432. The molecular formula is C74H93Cl2N21O14. The molecule has 0 saturated carbocycles. The van der Waals surface area contributed by atoms with Crippen LogP contribution in [0, 0.1) is 11.3 Å². The molecule has 2 saturated heterocycles. The highest BCUT2D eigenvalue weighted by molar-refractivity contribution is 6.30. The molecule has 0 aliphatic carbocycles. The average molecular weight is 1570 g/mol. The number of hydrogen-bond acceptors (Lipinski definition) is 17. The van der Waals surface area contributed by atoms with Crippen LogP contribution in [0.25, 0.3) is 21.2 Å². The Morgan fingerprint density at radius 2 is 1.26 bits per heavy atom. The summed E-state index contributed by atoms with van der Waals surface area (Å²) in [5.74, 6) is -14.3. The summed E-state index contributed by atoms with van der Waals surface area (Å²) in [6.07, 6.45) is -0.742. The van der Waals surface area contributed by atoms with Crippen LogP contribution in [-0.4, -0.2) is 191 Å². The summed E-state index contributed by atoms with van der Waals surface area (Å²) in [5.41, 5.74) is 28.1. The molecule has 7 rings (SSSR count). The lowest BCUT2D eigenvalue weighted by molar-refractivity contribution is -0.142. The number of carbonyl (C=O) groups is 14. The highest BCUT2D eigenvalue weighted by atomic mass is 35.5. The van der Waals surface area contributed by atoms with Crippen LogP contribution >= 0.6 is 23.2 Å². The number of rotatable bonds is 30. The number of aromatic nitrogens is 1. The van der Waals surface area contributed by atoms with Gasteiger partial charge in [-0.1, -0.05) is 110 Å². The number of azide groups is 1. The van der Waals surface area contributed by atoms with Gasteiger partial charge in [0.1, 0.15) is 66.5 Å². The molecule has 0 radical (unpaired) electrons. The highest BCUT2D eigenvalue weighted by Crippen LogP contribution is 2.23. The number of nitrogens with zero attached hydrogens (tertiary/aromatic N) is 5. The Kier molecular flexibility index (Phi) is 33.3. The second-order valence-electron chi connectivity index (χ2n) is 27.3. The Morgan fingerprint density at radius 1 is 0.658 bits per heavy atom. The van der Waals surface area contributed by atoms with Crippen LogP contribution in [0.1, 0.15) is 101 Å². The standard InChI is InChI=1S/C74H93Cl2N21O14/c1-40(2)31-53-67(105)89-52(73(111)97-30-8-13-60(97)72(110)94-59(38-77)63(78)101)26-29-83-64(102)54(33-42-15-20-48(75)21-16-42)86-61(99)25-24-51(66(104)87-50(65(103)90-53)12-7-28-84-74(79)80)88-71(109)58(37-62(100)95-96-81)93-70(108)57(36-45-9-6-27-82-39-45)92-69(107)56(34-43-17-22-49(76)23-18-43)91-68(106)55(85-41(3)98)35-44-14-19-46-10-4-5-11-47(46)32-44/h4-6,9-11,14-23,27,32,39-40,50-60H,7-8,12-13,24-26,28-31,33-38,77H2,1-3H3,(H2,78,101)(H,83,102)(H,85,98)(H,86,99)(H,87,104)(H,88,109)(H,89,105)(H,90,103)(H,91,106)(H,92,107)(H,93,108)(H,94,110)(H4,79,80,84)/t50-,51+,52+,53+,54+,55-,56-,57-,58+,59?,60+/m1/s1. The molecule has 19 N–H and O–H groups in total. The Balaban J connectivity index is 1.23. The van der Waals surface area contributed by atoms with E-state index in [1.165, 1.54) is 42.4 Å². The molecule has 111 heavy (non-hydrogen) atoms. The number of nitrogens with one attached hydrogen (secondary N) is 13. The Hall–Kier alpha value is -11.8. The zero-order valence-electron chi connectivity index (χ0n) is 61.4. The van der Waals surface area contributed by atoms with Crippen LogP contribution in [0.2, 0.25) is 10.0 Å². The summed E-state index contributed by atoms with van der Waals surface area (Å²) >= 11 is 12.5. The van der Waals surface area contributed by atoms with E-state index in [9.17, 15) is 53.5 Å². The largest absolute Gasteiger partial charge is 0.370 e. The third-order valence-corrected chi connectivity index (χ3v) is 18.7. The van der Waals surface area contributed by atoms with Crippen molar-refractivity contribution >= 4 is 123 Å². The van der Waals surface area contributed by atoms with E-state index in [1.54, 1.807) is 62.4 Å². The molecular weight excluding hydrogens is 1480 g/mol. The number of likely N-dealkylation sites (tertiary alicyclic amines) is 1. The first-order valence-corrected chi connectivity index (χ1v) is 36.8. The van der Waals surface area contributed by atoms with E-state index >= 15 is 19.2 Å². The predicted molar refractivity (Wildman–Crippen MR) is 408 cm³/mol. The van der Waals surface area contributed by atoms with Crippen molar-refractivity contribution in [3.63, 3.8) is 0 Å². The van der Waals surface area contributed by atoms with Gasteiger partial charge in [0.25, 0.3) is 0 Å². The number of carbonyl (C=O) groups excluding carboxylic acids is 14. The number of amides is 14. The fourth-order valence-corrected chi connectivity index (χ4v) is 12.8. The third kappa shape index (κ3) is 27.7. The van der Waals surface area contributed by atoms with Crippen molar-refractivity contribution in [3.05, 3.63) is 158 Å². The van der Waals surface area contributed by atoms with E-state index in [2.05, 4.69) is 78.8 Å². The van der Waals surface area contributed by atoms with Gasteiger partial charge in [0.2, 0.25) is 82.7 Å². The molecule has 4 aromatic carbocycles. The second kappa shape index (κ2) is 42.8. The lowest BCUT2D eigenvalue weighted by atomic mass is 9.99. The van der Waals surface area contributed by atoms with Crippen molar-refractivity contribution in [1.82, 2.24) is 73.7 Å². The maximum Gasteiger partial charge on any atom is 0.245 e. The van der Waals surface area contributed by atoms with Crippen molar-refractivity contribution in [3.8, 4) is 0 Å². The Labute approximate surface area is 649 Å². The van der Waals surface area contributed by atoms with E-state index in [1.807, 2.05) is 36.4 Å². The first kappa shape index (κ1) is 86.4. The van der Waals surface area contributed by atoms with Gasteiger partial charge in [0.05, 0.1) is 0 Å². The normalized spacial score (nSPS) is 19.2. The number of halogens is 2. The number of nitrogens with two attached hydrogens (primary N) is 3. The molecule has 1 unspecified atom stereocenters. The van der Waals surface area contributed by atoms with Gasteiger partial charge < -0.3 is 85.9 Å². The number of pyridine rings is 1. The molecule has 1 aromatic heterocycles. The number of benzene rings is 4. The lowest BCUT2D eigenvalue weighted by Crippen LogP contribution is -2.61. The highest BCUT2D eigenvalue weighted by Gasteiger charge is 2.41. The number of primary amides is 1. The van der Waals surface area contributed by atoms with Crippen molar-refractivity contribution in [2.24, 2.45) is 28.2 Å². The molecule has 37 heteroatoms. The monoisotopic (exact) mass is 1570 g/mol. The summed E-state index contributed by atoms with van der Waals surface area (Å²) in [7, 11) is 0. The van der Waals surface area contributed by atoms with E-state index < -0.39 is 174 Å². The first-order valence-electron chi connectivity index (χ1n) is 36.1. The van der Waals surface area contributed by atoms with Crippen molar-refractivity contribution in [2.45, 2.75) is 171 Å². The number of fused-ring (bicyclic) bond motifs is 1. The Morgan fingerprint density at radius 3 is 1.87 bits per heavy atom. The number of guanidine groups is 1. The van der Waals surface area contributed by atoms with E-state index in [0.717, 1.165) is 10.8 Å². The summed E-state index contributed by atoms with van der Waals surface area (Å²) in [4.78, 5) is 208. The van der Waals surface area contributed by atoms with Crippen LogP contribution in [0.5, 0.6) is 0 Å². The van der Waals surface area contributed by atoms with E-state index in [-0.39, 0.29) is 89.9 Å². The quantitative estimate of drug-likeness (QED) is 0.00716. The molecule has 592 valence electrons. The van der Waals surface area contributed by atoms with Gasteiger partial charge in [0.15, 0.2) is 5.96 Å². The van der Waals surface area contributed by atoms with Crippen LogP contribution in [0.4, 0.5) is 0 Å². The maximum absolute atomic E-state index is 15.2. The molecule has 3 heterocycles. The third-order valence-electron chi connectivity index (χ3n) is 18.2. The maximum atomic E-state index is 15.2. The molecule has 11 atom stereocenters. The molecule has 2 aliphatic rings. The fourth-order valence-electron chi connectivity index (χ4n) is 12.6. The van der Waals surface area contributed by atoms with Gasteiger partial charge in [-0.05, 0) is 125 Å². The van der Waals surface area contributed by atoms with Crippen LogP contribution < -0.4 is 81.0 Å². The minimum atomic E-state index is -2.10. The molecule has 2 aliphatic heterocycles. The zero-order chi connectivity index (χ0) is 80.8. The SMILES string of the molecule is CC(=O)N[C@H](Cc1ccc2ccccc2c1)C(=O)N[C@H](Cc1ccc(Cl)cc1)C(=O)N[C@H](Cc1cccnc1)C(=O)N[C@@H](CC(=O)N=[N+]=[N-])C(=O)N[C@H]1CCC(=O)N[C@@H](Cc2ccc(Cl)cc2)C(=O)NCC[C@@H](C(=O)N2CCC[C@H]2C(=O)NC(CN)C(N)=O)NC(=O)[C@H](CC(C)C)NC(=O)[C@@H](CCCNC(=N)N)NC1=O. The molecule has 0 spiro atoms. The molecule has 2 fully saturated rings. The first-order chi connectivity index (χ1) is 53.0. The zero-order valence-corrected chi connectivity index (χ0v) is 62.9. The van der Waals surface area contributed by atoms with Gasteiger partial charge in [-0.3, -0.25) is 77.5 Å². The number of hydrogen-bond donors (Lipinski definition) is 16. The summed E-state index contributed by atoms with van der Waals surface area (Å²) in [5, 5.41) is 44.7. The summed E-state index contributed by atoms with van der Waals surface area (Å²) in [6.45, 7) is 3.93. The molecule has 35 nitrogen and oxygen atoms in total. The van der Waals surface area contributed by atoms with Gasteiger partial charge in [0, 0.05) is 99.0 Å². The summed E-state index contributed by atoms with van der Waals surface area (Å²) in [6, 6.07) is 11.6. The van der Waals surface area contributed by atoms with Gasteiger partial charge >= 0.3 is 0 Å². The molecule has 5 aromatic rings. The smallest absolute Gasteiger partial charge is 0.245 e. The average Bonchev–Trinajstić information content (AvgIpc) is 1.77.